The number of aromatic nitrogens is 1. The summed E-state index contributed by atoms with van der Waals surface area (Å²) >= 11 is 0. The van der Waals surface area contributed by atoms with Crippen LogP contribution in [0.1, 0.15) is 30.8 Å². The number of pyridine rings is 1. The molecule has 2 aromatic rings. The van der Waals surface area contributed by atoms with E-state index in [4.69, 9.17) is 4.74 Å². The molecule has 0 saturated carbocycles. The van der Waals surface area contributed by atoms with Gasteiger partial charge in [0.25, 0.3) is 5.91 Å². The third-order valence-electron chi connectivity index (χ3n) is 3.12. The first-order valence-electron chi connectivity index (χ1n) is 6.39. The predicted octanol–water partition coefficient (Wildman–Crippen LogP) is 2.77. The monoisotopic (exact) mass is 258 g/mol. The number of fused-ring (bicyclic) bond motifs is 1. The van der Waals surface area contributed by atoms with Gasteiger partial charge < -0.3 is 10.1 Å². The Bertz CT molecular complexity index is 596. The van der Waals surface area contributed by atoms with Gasteiger partial charge in [-0.05, 0) is 37.6 Å². The van der Waals surface area contributed by atoms with E-state index < -0.39 is 0 Å². The number of hydrogen-bond donors (Lipinski definition) is 1. The first-order valence-corrected chi connectivity index (χ1v) is 6.39. The van der Waals surface area contributed by atoms with Gasteiger partial charge in [-0.3, -0.25) is 4.79 Å². The molecule has 1 N–H and O–H groups in total. The van der Waals surface area contributed by atoms with Crippen molar-refractivity contribution in [2.45, 2.75) is 26.3 Å². The molecule has 4 nitrogen and oxygen atoms in total. The van der Waals surface area contributed by atoms with Crippen LogP contribution in [0.25, 0.3) is 10.9 Å². The molecule has 1 atom stereocenters. The molecule has 1 amide bonds. The highest BCUT2D eigenvalue weighted by Crippen LogP contribution is 2.19. The SMILES string of the molecule is CCC(C)NC(=O)c1ccc2cc(OC)ccc2n1. The molecule has 4 heteroatoms. The van der Waals surface area contributed by atoms with Gasteiger partial charge in [-0.2, -0.15) is 0 Å². The maximum Gasteiger partial charge on any atom is 0.270 e. The number of methoxy groups -OCH3 is 1. The summed E-state index contributed by atoms with van der Waals surface area (Å²) in [5, 5.41) is 3.86. The van der Waals surface area contributed by atoms with Crippen molar-refractivity contribution in [3.8, 4) is 5.75 Å². The Morgan fingerprint density at radius 3 is 2.84 bits per heavy atom. The molecule has 1 aromatic heterocycles. The van der Waals surface area contributed by atoms with Crippen molar-refractivity contribution in [2.24, 2.45) is 0 Å². The summed E-state index contributed by atoms with van der Waals surface area (Å²) in [5.74, 6) is 0.651. The molecule has 1 unspecified atom stereocenters. The average Bonchev–Trinajstić information content (AvgIpc) is 2.45. The molecule has 2 rings (SSSR count). The second kappa shape index (κ2) is 5.69. The maximum atomic E-state index is 12.0. The summed E-state index contributed by atoms with van der Waals surface area (Å²) in [5.41, 5.74) is 1.23. The molecular weight excluding hydrogens is 240 g/mol. The lowest BCUT2D eigenvalue weighted by Gasteiger charge is -2.11. The number of carbonyl (C=O) groups is 1. The van der Waals surface area contributed by atoms with Gasteiger partial charge in [0.15, 0.2) is 0 Å². The van der Waals surface area contributed by atoms with E-state index in [-0.39, 0.29) is 11.9 Å². The lowest BCUT2D eigenvalue weighted by molar-refractivity contribution is 0.0934. The van der Waals surface area contributed by atoms with Crippen LogP contribution < -0.4 is 10.1 Å². The van der Waals surface area contributed by atoms with Crippen molar-refractivity contribution in [2.75, 3.05) is 7.11 Å². The first kappa shape index (κ1) is 13.3. The number of hydrogen-bond acceptors (Lipinski definition) is 3. The summed E-state index contributed by atoms with van der Waals surface area (Å²) in [6.45, 7) is 4.01. The van der Waals surface area contributed by atoms with Gasteiger partial charge in [0.2, 0.25) is 0 Å². The highest BCUT2D eigenvalue weighted by atomic mass is 16.5. The zero-order chi connectivity index (χ0) is 13.8. The number of nitrogens with zero attached hydrogens (tertiary/aromatic N) is 1. The molecule has 0 aliphatic carbocycles. The van der Waals surface area contributed by atoms with E-state index in [2.05, 4.69) is 10.3 Å². The molecule has 100 valence electrons. The lowest BCUT2D eigenvalue weighted by atomic mass is 10.2. The van der Waals surface area contributed by atoms with Crippen LogP contribution in [0.2, 0.25) is 0 Å². The van der Waals surface area contributed by atoms with E-state index in [0.29, 0.717) is 5.69 Å². The van der Waals surface area contributed by atoms with E-state index in [1.54, 1.807) is 13.2 Å². The van der Waals surface area contributed by atoms with Gasteiger partial charge in [-0.1, -0.05) is 13.0 Å². The van der Waals surface area contributed by atoms with Crippen molar-refractivity contribution in [3.05, 3.63) is 36.0 Å². The molecule has 0 radical (unpaired) electrons. The van der Waals surface area contributed by atoms with Crippen molar-refractivity contribution in [1.82, 2.24) is 10.3 Å². The maximum absolute atomic E-state index is 12.0. The van der Waals surface area contributed by atoms with E-state index in [1.807, 2.05) is 38.1 Å². The van der Waals surface area contributed by atoms with Crippen LogP contribution in [0.5, 0.6) is 5.75 Å². The average molecular weight is 258 g/mol. The molecular formula is C15H18N2O2. The molecule has 0 aliphatic heterocycles. The van der Waals surface area contributed by atoms with E-state index >= 15 is 0 Å². The number of carbonyl (C=O) groups excluding carboxylic acids is 1. The largest absolute Gasteiger partial charge is 0.497 e. The normalized spacial score (nSPS) is 12.2. The first-order chi connectivity index (χ1) is 9.13. The fourth-order valence-corrected chi connectivity index (χ4v) is 1.76. The Morgan fingerprint density at radius 1 is 1.37 bits per heavy atom. The summed E-state index contributed by atoms with van der Waals surface area (Å²) in [7, 11) is 1.63. The number of benzene rings is 1. The lowest BCUT2D eigenvalue weighted by Crippen LogP contribution is -2.32. The molecule has 0 aliphatic rings. The highest BCUT2D eigenvalue weighted by molar-refractivity contribution is 5.95. The van der Waals surface area contributed by atoms with Gasteiger partial charge in [-0.15, -0.1) is 0 Å². The Balaban J connectivity index is 2.29. The Morgan fingerprint density at radius 2 is 2.16 bits per heavy atom. The molecule has 19 heavy (non-hydrogen) atoms. The van der Waals surface area contributed by atoms with Crippen molar-refractivity contribution in [3.63, 3.8) is 0 Å². The minimum absolute atomic E-state index is 0.132. The van der Waals surface area contributed by atoms with Crippen LogP contribution in [-0.2, 0) is 0 Å². The fraction of sp³-hybridized carbons (Fsp3) is 0.333. The number of ether oxygens (including phenoxy) is 1. The van der Waals surface area contributed by atoms with Gasteiger partial charge in [0.1, 0.15) is 11.4 Å². The third kappa shape index (κ3) is 3.02. The number of amides is 1. The minimum Gasteiger partial charge on any atom is -0.497 e. The summed E-state index contributed by atoms with van der Waals surface area (Å²) < 4.78 is 5.16. The van der Waals surface area contributed by atoms with E-state index in [9.17, 15) is 4.79 Å². The summed E-state index contributed by atoms with van der Waals surface area (Å²) in [4.78, 5) is 16.4. The fourth-order valence-electron chi connectivity index (χ4n) is 1.76. The zero-order valence-electron chi connectivity index (χ0n) is 11.4. The number of rotatable bonds is 4. The number of nitrogens with one attached hydrogen (secondary N) is 1. The summed E-state index contributed by atoms with van der Waals surface area (Å²) in [6, 6.07) is 9.37. The quantitative estimate of drug-likeness (QED) is 0.917. The van der Waals surface area contributed by atoms with Crippen molar-refractivity contribution < 1.29 is 9.53 Å². The zero-order valence-corrected chi connectivity index (χ0v) is 11.4. The molecule has 1 heterocycles. The van der Waals surface area contributed by atoms with E-state index in [0.717, 1.165) is 23.1 Å². The Hall–Kier alpha value is -2.10. The second-order valence-electron chi connectivity index (χ2n) is 4.54. The molecule has 0 fully saturated rings. The smallest absolute Gasteiger partial charge is 0.270 e. The highest BCUT2D eigenvalue weighted by Gasteiger charge is 2.10. The Kier molecular flexibility index (Phi) is 4.00. The second-order valence-corrected chi connectivity index (χ2v) is 4.54. The third-order valence-corrected chi connectivity index (χ3v) is 3.12. The van der Waals surface area contributed by atoms with Gasteiger partial charge in [0, 0.05) is 11.4 Å². The van der Waals surface area contributed by atoms with Gasteiger partial charge in [0.05, 0.1) is 12.6 Å². The molecule has 1 aromatic carbocycles. The topological polar surface area (TPSA) is 51.2 Å². The van der Waals surface area contributed by atoms with E-state index in [1.165, 1.54) is 0 Å². The summed E-state index contributed by atoms with van der Waals surface area (Å²) in [6.07, 6.45) is 0.899. The molecule has 0 saturated heterocycles. The molecule has 0 bridgehead atoms. The minimum atomic E-state index is -0.132. The predicted molar refractivity (Wildman–Crippen MR) is 75.5 cm³/mol. The van der Waals surface area contributed by atoms with Crippen LogP contribution in [0.4, 0.5) is 0 Å². The Labute approximate surface area is 112 Å². The van der Waals surface area contributed by atoms with Crippen LogP contribution in [0, 0.1) is 0 Å². The van der Waals surface area contributed by atoms with Gasteiger partial charge in [-0.25, -0.2) is 4.98 Å². The van der Waals surface area contributed by atoms with Crippen LogP contribution in [0.3, 0.4) is 0 Å². The van der Waals surface area contributed by atoms with Crippen LogP contribution in [-0.4, -0.2) is 24.0 Å². The van der Waals surface area contributed by atoms with Crippen LogP contribution in [0.15, 0.2) is 30.3 Å². The molecule has 0 spiro atoms. The van der Waals surface area contributed by atoms with Crippen molar-refractivity contribution >= 4 is 16.8 Å². The standard InChI is InChI=1S/C15H18N2O2/c1-4-10(2)16-15(18)14-7-5-11-9-12(19-3)6-8-13(11)17-14/h5-10H,4H2,1-3H3,(H,16,18). The van der Waals surface area contributed by atoms with Gasteiger partial charge >= 0.3 is 0 Å². The van der Waals surface area contributed by atoms with Crippen molar-refractivity contribution in [1.29, 1.82) is 0 Å². The van der Waals surface area contributed by atoms with Crippen LogP contribution >= 0.6 is 0 Å².